The lowest BCUT2D eigenvalue weighted by molar-refractivity contribution is -0.140. The molecule has 0 aromatic rings. The van der Waals surface area contributed by atoms with E-state index in [1.54, 1.807) is 0 Å². The average Bonchev–Trinajstić information content (AvgIpc) is 3.04. The van der Waals surface area contributed by atoms with Crippen molar-refractivity contribution in [2.75, 3.05) is 6.61 Å². The minimum Gasteiger partial charge on any atom is -0.462 e. The molecule has 0 amide bonds. The zero-order valence-corrected chi connectivity index (χ0v) is 8.48. The van der Waals surface area contributed by atoms with Crippen LogP contribution in [0, 0.1) is 11.8 Å². The lowest BCUT2D eigenvalue weighted by atomic mass is 10.4. The molecule has 4 nitrogen and oxygen atoms in total. The van der Waals surface area contributed by atoms with Crippen molar-refractivity contribution in [3.05, 3.63) is 12.3 Å². The average molecular weight is 210 g/mol. The van der Waals surface area contributed by atoms with Crippen molar-refractivity contribution < 1.29 is 19.1 Å². The van der Waals surface area contributed by atoms with E-state index in [1.807, 2.05) is 0 Å². The Labute approximate surface area is 88.2 Å². The van der Waals surface area contributed by atoms with Gasteiger partial charge in [-0.05, 0) is 31.6 Å². The van der Waals surface area contributed by atoms with Crippen LogP contribution in [0.2, 0.25) is 0 Å². The Morgan fingerprint density at radius 1 is 1.20 bits per heavy atom. The number of hydrogen-bond acceptors (Lipinski definition) is 4. The van der Waals surface area contributed by atoms with Crippen LogP contribution < -0.4 is 0 Å². The lowest BCUT2D eigenvalue weighted by Gasteiger charge is -1.98. The van der Waals surface area contributed by atoms with Gasteiger partial charge in [0.1, 0.15) is 6.26 Å². The van der Waals surface area contributed by atoms with Crippen molar-refractivity contribution in [3.8, 4) is 0 Å². The van der Waals surface area contributed by atoms with Crippen LogP contribution in [0.5, 0.6) is 0 Å². The highest BCUT2D eigenvalue weighted by Gasteiger charge is 2.30. The van der Waals surface area contributed by atoms with E-state index in [1.165, 1.54) is 0 Å². The highest BCUT2D eigenvalue weighted by molar-refractivity contribution is 5.82. The summed E-state index contributed by atoms with van der Waals surface area (Å²) in [7, 11) is 0. The molecule has 82 valence electrons. The van der Waals surface area contributed by atoms with Crippen molar-refractivity contribution in [2.45, 2.75) is 25.7 Å². The first-order chi connectivity index (χ1) is 7.25. The molecule has 0 aromatic heterocycles. The molecule has 15 heavy (non-hydrogen) atoms. The van der Waals surface area contributed by atoms with Crippen LogP contribution in [0.3, 0.4) is 0 Å². The summed E-state index contributed by atoms with van der Waals surface area (Å²) in [4.78, 5) is 22.1. The van der Waals surface area contributed by atoms with Gasteiger partial charge >= 0.3 is 11.9 Å². The summed E-state index contributed by atoms with van der Waals surface area (Å²) in [6, 6.07) is 0. The van der Waals surface area contributed by atoms with Gasteiger partial charge in [-0.1, -0.05) is 0 Å². The number of rotatable bonds is 5. The van der Waals surface area contributed by atoms with Crippen LogP contribution in [0.4, 0.5) is 0 Å². The third-order valence-corrected chi connectivity index (χ3v) is 2.46. The van der Waals surface area contributed by atoms with Crippen molar-refractivity contribution in [2.24, 2.45) is 11.8 Å². The molecule has 0 spiro atoms. The Hall–Kier alpha value is -1.32. The molecule has 0 bridgehead atoms. The minimum absolute atomic E-state index is 0.0529. The monoisotopic (exact) mass is 210 g/mol. The zero-order chi connectivity index (χ0) is 10.7. The fourth-order valence-electron chi connectivity index (χ4n) is 1.10. The summed E-state index contributed by atoms with van der Waals surface area (Å²) in [6.07, 6.45) is 6.37. The molecule has 0 N–H and O–H groups in total. The molecule has 0 heterocycles. The third-order valence-electron chi connectivity index (χ3n) is 2.46. The van der Waals surface area contributed by atoms with Crippen molar-refractivity contribution in [3.63, 3.8) is 0 Å². The van der Waals surface area contributed by atoms with E-state index in [-0.39, 0.29) is 11.9 Å². The maximum atomic E-state index is 11.0. The van der Waals surface area contributed by atoms with E-state index in [4.69, 9.17) is 9.47 Å². The molecule has 0 saturated heterocycles. The fraction of sp³-hybridized carbons (Fsp3) is 0.636. The molecule has 0 aromatic carbocycles. The van der Waals surface area contributed by atoms with E-state index in [0.29, 0.717) is 12.5 Å². The normalized spacial score (nSPS) is 20.3. The molecule has 2 fully saturated rings. The van der Waals surface area contributed by atoms with E-state index < -0.39 is 5.97 Å². The van der Waals surface area contributed by atoms with Crippen LogP contribution in [0.15, 0.2) is 12.3 Å². The van der Waals surface area contributed by atoms with Gasteiger partial charge in [-0.2, -0.15) is 0 Å². The van der Waals surface area contributed by atoms with E-state index in [0.717, 1.165) is 38.0 Å². The summed E-state index contributed by atoms with van der Waals surface area (Å²) < 4.78 is 9.65. The largest absolute Gasteiger partial charge is 0.462 e. The first kappa shape index (κ1) is 10.2. The predicted octanol–water partition coefficient (Wildman–Crippen LogP) is 1.41. The topological polar surface area (TPSA) is 52.6 Å². The number of carbonyl (C=O) groups excluding carboxylic acids is 2. The van der Waals surface area contributed by atoms with Gasteiger partial charge in [-0.15, -0.1) is 0 Å². The van der Waals surface area contributed by atoms with Crippen LogP contribution in [0.1, 0.15) is 25.7 Å². The summed E-state index contributed by atoms with van der Waals surface area (Å²) in [6.45, 7) is 0.486. The minimum atomic E-state index is -0.439. The Balaban J connectivity index is 1.58. The number of carbonyl (C=O) groups is 2. The second-order valence-electron chi connectivity index (χ2n) is 4.09. The van der Waals surface area contributed by atoms with Gasteiger partial charge in [0.25, 0.3) is 0 Å². The Morgan fingerprint density at radius 2 is 1.93 bits per heavy atom. The quantitative estimate of drug-likeness (QED) is 0.391. The Bertz CT molecular complexity index is 287. The molecule has 0 aliphatic heterocycles. The molecule has 0 radical (unpaired) electrons. The summed E-state index contributed by atoms with van der Waals surface area (Å²) in [5.74, 6) is -0.0831. The molecule has 2 aliphatic carbocycles. The molecule has 4 heteroatoms. The van der Waals surface area contributed by atoms with Gasteiger partial charge < -0.3 is 9.47 Å². The van der Waals surface area contributed by atoms with Crippen molar-refractivity contribution >= 4 is 11.9 Å². The first-order valence-electron chi connectivity index (χ1n) is 5.29. The maximum absolute atomic E-state index is 11.0. The van der Waals surface area contributed by atoms with Crippen LogP contribution in [-0.2, 0) is 19.1 Å². The second-order valence-corrected chi connectivity index (χ2v) is 4.09. The second kappa shape index (κ2) is 4.47. The van der Waals surface area contributed by atoms with Crippen molar-refractivity contribution in [1.82, 2.24) is 0 Å². The standard InChI is InChI=1S/C11H14O4/c12-10(15-7-8-1-2-8)5-6-14-11(13)9-3-4-9/h5-6,8-9H,1-4,7H2. The van der Waals surface area contributed by atoms with Gasteiger partial charge in [0.15, 0.2) is 0 Å². The van der Waals surface area contributed by atoms with E-state index in [9.17, 15) is 9.59 Å². The number of ether oxygens (including phenoxy) is 2. The highest BCUT2D eigenvalue weighted by atomic mass is 16.5. The summed E-state index contributed by atoms with van der Waals surface area (Å²) in [5, 5.41) is 0. The molecule has 0 unspecified atom stereocenters. The number of hydrogen-bond donors (Lipinski definition) is 0. The smallest absolute Gasteiger partial charge is 0.333 e. The first-order valence-corrected chi connectivity index (χ1v) is 5.29. The van der Waals surface area contributed by atoms with Gasteiger partial charge in [0, 0.05) is 0 Å². The fourth-order valence-corrected chi connectivity index (χ4v) is 1.10. The van der Waals surface area contributed by atoms with Crippen LogP contribution >= 0.6 is 0 Å². The molecular formula is C11H14O4. The molecule has 2 saturated carbocycles. The zero-order valence-electron chi connectivity index (χ0n) is 8.48. The number of esters is 2. The summed E-state index contributed by atoms with van der Waals surface area (Å²) in [5.41, 5.74) is 0. The highest BCUT2D eigenvalue weighted by Crippen LogP contribution is 2.30. The van der Waals surface area contributed by atoms with Gasteiger partial charge in [0.2, 0.25) is 0 Å². The van der Waals surface area contributed by atoms with Gasteiger partial charge in [-0.3, -0.25) is 4.79 Å². The third kappa shape index (κ3) is 3.73. The van der Waals surface area contributed by atoms with E-state index in [2.05, 4.69) is 0 Å². The van der Waals surface area contributed by atoms with Gasteiger partial charge in [0.05, 0.1) is 18.6 Å². The molecule has 2 rings (SSSR count). The summed E-state index contributed by atoms with van der Waals surface area (Å²) >= 11 is 0. The van der Waals surface area contributed by atoms with Gasteiger partial charge in [-0.25, -0.2) is 4.79 Å². The van der Waals surface area contributed by atoms with Crippen LogP contribution in [0.25, 0.3) is 0 Å². The molecular weight excluding hydrogens is 196 g/mol. The molecule has 2 aliphatic rings. The maximum Gasteiger partial charge on any atom is 0.333 e. The van der Waals surface area contributed by atoms with Crippen molar-refractivity contribution in [1.29, 1.82) is 0 Å². The van der Waals surface area contributed by atoms with E-state index >= 15 is 0 Å². The predicted molar refractivity (Wildman–Crippen MR) is 51.6 cm³/mol. The molecule has 0 atom stereocenters. The Kier molecular flexibility index (Phi) is 3.04. The lowest BCUT2D eigenvalue weighted by Crippen LogP contribution is -2.05. The van der Waals surface area contributed by atoms with Crippen LogP contribution in [-0.4, -0.2) is 18.5 Å². The SMILES string of the molecule is O=C(C=COC(=O)C1CC1)OCC1CC1. The Morgan fingerprint density at radius 3 is 2.53 bits per heavy atom.